The maximum absolute atomic E-state index is 14.8. The van der Waals surface area contributed by atoms with E-state index < -0.39 is 41.4 Å². The molecule has 0 saturated heterocycles. The maximum Gasteiger partial charge on any atom is 0.511 e. The van der Waals surface area contributed by atoms with E-state index in [0.29, 0.717) is 11.8 Å². The minimum Gasteiger partial charge on any atom is -0.433 e. The highest BCUT2D eigenvalue weighted by Crippen LogP contribution is 2.39. The zero-order chi connectivity index (χ0) is 24.9. The molecule has 2 heterocycles. The number of nitrogens with zero attached hydrogens (tertiary/aromatic N) is 5. The van der Waals surface area contributed by atoms with Gasteiger partial charge in [-0.1, -0.05) is 13.0 Å². The van der Waals surface area contributed by atoms with Crippen LogP contribution in [0.1, 0.15) is 37.3 Å². The Morgan fingerprint density at radius 1 is 1.29 bits per heavy atom. The Labute approximate surface area is 198 Å². The molecule has 0 amide bonds. The molecule has 0 radical (unpaired) electrons. The van der Waals surface area contributed by atoms with Gasteiger partial charge in [0.15, 0.2) is 5.82 Å². The minimum atomic E-state index is -2.10. The Balaban J connectivity index is 1.93. The summed E-state index contributed by atoms with van der Waals surface area (Å²) in [5.41, 5.74) is -2.54. The molecule has 0 aliphatic rings. The predicted octanol–water partition coefficient (Wildman–Crippen LogP) is 2.67. The van der Waals surface area contributed by atoms with Crippen LogP contribution in [0.5, 0.6) is 0 Å². The molecule has 0 saturated carbocycles. The Morgan fingerprint density at radius 3 is 2.74 bits per heavy atom. The van der Waals surface area contributed by atoms with Crippen LogP contribution in [0.4, 0.5) is 18.0 Å². The molecule has 3 rings (SSSR count). The number of aliphatic hydroxyl groups is 1. The summed E-state index contributed by atoms with van der Waals surface area (Å²) < 4.78 is 55.3. The number of benzene rings is 1. The van der Waals surface area contributed by atoms with Gasteiger partial charge in [-0.3, -0.25) is 0 Å². The van der Waals surface area contributed by atoms with Crippen LogP contribution < -0.4 is 4.57 Å². The topological polar surface area (TPSA) is 103 Å². The average molecular weight is 499 g/mol. The summed E-state index contributed by atoms with van der Waals surface area (Å²) in [6.45, 7) is 2.71. The number of aromatic nitrogens is 5. The third-order valence-electron chi connectivity index (χ3n) is 5.22. The molecule has 0 bridgehead atoms. The van der Waals surface area contributed by atoms with Crippen LogP contribution in [0.3, 0.4) is 0 Å². The molecular weight excluding hydrogens is 475 g/mol. The van der Waals surface area contributed by atoms with Crippen molar-refractivity contribution in [3.63, 3.8) is 0 Å². The van der Waals surface area contributed by atoms with Gasteiger partial charge in [0, 0.05) is 35.3 Å². The Hall–Kier alpha value is -3.19. The normalized spacial score (nSPS) is 14.8. The first kappa shape index (κ1) is 25.4. The zero-order valence-corrected chi connectivity index (χ0v) is 19.2. The Kier molecular flexibility index (Phi) is 8.10. The van der Waals surface area contributed by atoms with Crippen molar-refractivity contribution in [3.8, 4) is 0 Å². The molecule has 0 aliphatic carbocycles. The molecule has 3 atom stereocenters. The van der Waals surface area contributed by atoms with Crippen molar-refractivity contribution in [2.75, 3.05) is 12.4 Å². The van der Waals surface area contributed by atoms with Crippen molar-refractivity contribution >= 4 is 18.8 Å². The third kappa shape index (κ3) is 5.65. The molecule has 2 unspecified atom stereocenters. The molecule has 2 aromatic heterocycles. The maximum atomic E-state index is 14.8. The van der Waals surface area contributed by atoms with E-state index in [1.54, 1.807) is 6.92 Å². The standard InChI is InChI=1S/C21H22F3N5O4S/c1-13(19-18(24)8-25-10-26-19)21(31,16-4-3-15(22)7-17(16)23)9-29-12-28(11-27-29)14(2)33-20(30)32-5-6-34/h3-4,7-8,10-14,31H,5-6,9H2,1-2H3/p+1/t13-,14?,21?/m0/s1. The zero-order valence-electron chi connectivity index (χ0n) is 18.3. The van der Waals surface area contributed by atoms with Crippen LogP contribution in [-0.4, -0.2) is 43.4 Å². The summed E-state index contributed by atoms with van der Waals surface area (Å²) in [5.74, 6) is -3.42. The summed E-state index contributed by atoms with van der Waals surface area (Å²) in [7, 11) is 0. The number of rotatable bonds is 9. The highest BCUT2D eigenvalue weighted by Gasteiger charge is 2.43. The fraction of sp³-hybridized carbons (Fsp3) is 0.381. The van der Waals surface area contributed by atoms with E-state index in [-0.39, 0.29) is 24.4 Å². The van der Waals surface area contributed by atoms with E-state index in [1.807, 2.05) is 0 Å². The van der Waals surface area contributed by atoms with Crippen molar-refractivity contribution in [1.29, 1.82) is 0 Å². The quantitative estimate of drug-likeness (QED) is 0.266. The number of ether oxygens (including phenoxy) is 2. The second-order valence-corrected chi connectivity index (χ2v) is 7.90. The number of hydrogen-bond donors (Lipinski definition) is 2. The summed E-state index contributed by atoms with van der Waals surface area (Å²) in [5, 5.41) is 15.8. The molecule has 1 aromatic carbocycles. The first-order chi connectivity index (χ1) is 16.2. The number of hydrogen-bond acceptors (Lipinski definition) is 8. The SMILES string of the molecule is CC(OC(=O)OCCS)[n+]1cnn(CC(O)(c2ccc(F)cc2F)[C@@H](C)c2ncncc2F)c1. The highest BCUT2D eigenvalue weighted by atomic mass is 32.1. The van der Waals surface area contributed by atoms with E-state index in [0.717, 1.165) is 24.7 Å². The van der Waals surface area contributed by atoms with Gasteiger partial charge in [0.1, 0.15) is 36.7 Å². The lowest BCUT2D eigenvalue weighted by atomic mass is 9.79. The Bertz CT molecular complexity index is 1150. The van der Waals surface area contributed by atoms with Gasteiger partial charge in [0.25, 0.3) is 6.33 Å². The van der Waals surface area contributed by atoms with Gasteiger partial charge in [-0.15, -0.1) is 4.68 Å². The number of halogens is 3. The van der Waals surface area contributed by atoms with E-state index in [2.05, 4.69) is 27.7 Å². The van der Waals surface area contributed by atoms with Crippen molar-refractivity contribution in [2.24, 2.45) is 0 Å². The molecule has 0 spiro atoms. The minimum absolute atomic E-state index is 0.0757. The number of thiol groups is 1. The molecule has 34 heavy (non-hydrogen) atoms. The third-order valence-corrected chi connectivity index (χ3v) is 5.40. The second-order valence-electron chi connectivity index (χ2n) is 7.46. The molecule has 0 fully saturated rings. The second kappa shape index (κ2) is 10.8. The summed E-state index contributed by atoms with van der Waals surface area (Å²) >= 11 is 3.94. The number of carbonyl (C=O) groups excluding carboxylic acids is 1. The molecular formula is C21H23F3N5O4S+. The smallest absolute Gasteiger partial charge is 0.433 e. The van der Waals surface area contributed by atoms with Crippen molar-refractivity contribution in [2.45, 2.75) is 38.1 Å². The van der Waals surface area contributed by atoms with Crippen molar-refractivity contribution in [3.05, 3.63) is 72.1 Å². The van der Waals surface area contributed by atoms with Gasteiger partial charge < -0.3 is 14.6 Å². The highest BCUT2D eigenvalue weighted by molar-refractivity contribution is 7.80. The first-order valence-corrected chi connectivity index (χ1v) is 10.8. The molecule has 13 heteroatoms. The van der Waals surface area contributed by atoms with E-state index in [1.165, 1.54) is 28.8 Å². The monoisotopic (exact) mass is 498 g/mol. The van der Waals surface area contributed by atoms with E-state index in [4.69, 9.17) is 9.47 Å². The van der Waals surface area contributed by atoms with Crippen molar-refractivity contribution in [1.82, 2.24) is 19.7 Å². The van der Waals surface area contributed by atoms with Gasteiger partial charge in [-0.05, 0) is 6.07 Å². The van der Waals surface area contributed by atoms with Gasteiger partial charge in [0.2, 0.25) is 12.6 Å². The fourth-order valence-corrected chi connectivity index (χ4v) is 3.47. The number of carbonyl (C=O) groups is 1. The van der Waals surface area contributed by atoms with Crippen LogP contribution >= 0.6 is 12.6 Å². The summed E-state index contributed by atoms with van der Waals surface area (Å²) in [6, 6.07) is 2.70. The first-order valence-electron chi connectivity index (χ1n) is 10.2. The van der Waals surface area contributed by atoms with Gasteiger partial charge in [-0.25, -0.2) is 27.9 Å². The molecule has 3 aromatic rings. The van der Waals surface area contributed by atoms with Crippen LogP contribution in [0.2, 0.25) is 0 Å². The average Bonchev–Trinajstić information content (AvgIpc) is 3.25. The van der Waals surface area contributed by atoms with Gasteiger partial charge in [0.05, 0.1) is 11.9 Å². The van der Waals surface area contributed by atoms with Gasteiger partial charge >= 0.3 is 6.16 Å². The fourth-order valence-electron chi connectivity index (χ4n) is 3.38. The van der Waals surface area contributed by atoms with Crippen LogP contribution in [0.25, 0.3) is 0 Å². The Morgan fingerprint density at radius 2 is 2.06 bits per heavy atom. The van der Waals surface area contributed by atoms with Crippen molar-refractivity contribution < 1.29 is 37.1 Å². The lowest BCUT2D eigenvalue weighted by Gasteiger charge is -2.32. The van der Waals surface area contributed by atoms with E-state index >= 15 is 0 Å². The largest absolute Gasteiger partial charge is 0.511 e. The van der Waals surface area contributed by atoms with Gasteiger partial charge in [-0.2, -0.15) is 17.2 Å². The predicted molar refractivity (Wildman–Crippen MR) is 114 cm³/mol. The molecule has 0 aliphatic heterocycles. The van der Waals surface area contributed by atoms with E-state index in [9.17, 15) is 23.1 Å². The van der Waals surface area contributed by atoms with Crippen LogP contribution in [-0.2, 0) is 21.6 Å². The lowest BCUT2D eigenvalue weighted by molar-refractivity contribution is -0.754. The molecule has 182 valence electrons. The lowest BCUT2D eigenvalue weighted by Crippen LogP contribution is -2.41. The molecule has 9 nitrogen and oxygen atoms in total. The molecule has 1 N–H and O–H groups in total. The summed E-state index contributed by atoms with van der Waals surface area (Å²) in [4.78, 5) is 19.2. The summed E-state index contributed by atoms with van der Waals surface area (Å²) in [6.07, 6.45) is 3.01. The van der Waals surface area contributed by atoms with Crippen LogP contribution in [0, 0.1) is 17.5 Å². The van der Waals surface area contributed by atoms with Crippen LogP contribution in [0.15, 0.2) is 43.4 Å².